The quantitative estimate of drug-likeness (QED) is 0.290. The van der Waals surface area contributed by atoms with Crippen molar-refractivity contribution in [2.24, 2.45) is 11.8 Å². The van der Waals surface area contributed by atoms with Crippen molar-refractivity contribution >= 4 is 21.8 Å². The normalized spacial score (nSPS) is 19.6. The second kappa shape index (κ2) is 14.1. The molecule has 5 unspecified atom stereocenters. The van der Waals surface area contributed by atoms with E-state index in [2.05, 4.69) is 16.0 Å². The fourth-order valence-corrected chi connectivity index (χ4v) is 5.37. The van der Waals surface area contributed by atoms with Crippen LogP contribution in [-0.2, 0) is 26.0 Å². The summed E-state index contributed by atoms with van der Waals surface area (Å²) in [5, 5.41) is 20.2. The summed E-state index contributed by atoms with van der Waals surface area (Å²) in [6, 6.07) is 7.60. The standard InChI is InChI=1S/C26H44N4O5S/c1-6-19(4)24(29-25(32)21-13-10-14-27-21)26(33)28-22(15-20-11-8-7-9-12-20)23(31)17-30(16-18(2)3)36(5,34)35/h7-9,11-12,18-19,21-24,27,31H,6,10,13-17H2,1-5H3,(H,28,33)(H,29,32). The molecule has 1 aromatic rings. The van der Waals surface area contributed by atoms with Gasteiger partial charge in [0.2, 0.25) is 21.8 Å². The van der Waals surface area contributed by atoms with Gasteiger partial charge in [-0.1, -0.05) is 64.4 Å². The average molecular weight is 525 g/mol. The second-order valence-electron chi connectivity index (χ2n) is 10.4. The fraction of sp³-hybridized carbons (Fsp3) is 0.692. The van der Waals surface area contributed by atoms with Crippen LogP contribution >= 0.6 is 0 Å². The molecule has 1 aliphatic heterocycles. The van der Waals surface area contributed by atoms with E-state index in [-0.39, 0.29) is 42.8 Å². The number of nitrogens with zero attached hydrogens (tertiary/aromatic N) is 1. The number of carbonyl (C=O) groups is 2. The van der Waals surface area contributed by atoms with Crippen LogP contribution in [0.5, 0.6) is 0 Å². The third-order valence-electron chi connectivity index (χ3n) is 6.69. The van der Waals surface area contributed by atoms with Crippen molar-refractivity contribution in [1.82, 2.24) is 20.3 Å². The SMILES string of the molecule is CCC(C)C(NC(=O)C1CCCN1)C(=O)NC(Cc1ccccc1)C(O)CN(CC(C)C)S(C)(=O)=O. The summed E-state index contributed by atoms with van der Waals surface area (Å²) < 4.78 is 26.0. The summed E-state index contributed by atoms with van der Waals surface area (Å²) in [7, 11) is -3.55. The topological polar surface area (TPSA) is 128 Å². The Morgan fingerprint density at radius 2 is 1.81 bits per heavy atom. The van der Waals surface area contributed by atoms with Gasteiger partial charge < -0.3 is 21.1 Å². The number of hydrogen-bond donors (Lipinski definition) is 4. The molecular weight excluding hydrogens is 480 g/mol. The summed E-state index contributed by atoms with van der Waals surface area (Å²) in [5.74, 6) is -0.639. The van der Waals surface area contributed by atoms with Crippen molar-refractivity contribution in [2.75, 3.05) is 25.9 Å². The molecule has 0 spiro atoms. The number of amides is 2. The first kappa shape index (κ1) is 30.2. The second-order valence-corrected chi connectivity index (χ2v) is 12.3. The molecule has 2 rings (SSSR count). The van der Waals surface area contributed by atoms with E-state index in [0.29, 0.717) is 12.8 Å². The minimum atomic E-state index is -3.55. The zero-order valence-corrected chi connectivity index (χ0v) is 23.1. The molecule has 36 heavy (non-hydrogen) atoms. The van der Waals surface area contributed by atoms with E-state index in [1.807, 2.05) is 58.0 Å². The van der Waals surface area contributed by atoms with E-state index in [0.717, 1.165) is 31.2 Å². The zero-order chi connectivity index (χ0) is 26.9. The highest BCUT2D eigenvalue weighted by Gasteiger charge is 2.33. The molecule has 1 saturated heterocycles. The van der Waals surface area contributed by atoms with Crippen LogP contribution < -0.4 is 16.0 Å². The molecule has 0 aliphatic carbocycles. The third-order valence-corrected chi connectivity index (χ3v) is 7.93. The maximum absolute atomic E-state index is 13.5. The zero-order valence-electron chi connectivity index (χ0n) is 22.2. The molecule has 1 fully saturated rings. The predicted molar refractivity (Wildman–Crippen MR) is 142 cm³/mol. The van der Waals surface area contributed by atoms with Gasteiger partial charge in [-0.2, -0.15) is 4.31 Å². The van der Waals surface area contributed by atoms with E-state index >= 15 is 0 Å². The largest absolute Gasteiger partial charge is 0.390 e. The molecule has 1 aliphatic rings. The van der Waals surface area contributed by atoms with Gasteiger partial charge in [0.05, 0.1) is 24.4 Å². The first-order valence-electron chi connectivity index (χ1n) is 12.9. The lowest BCUT2D eigenvalue weighted by Crippen LogP contribution is -2.58. The average Bonchev–Trinajstić information content (AvgIpc) is 3.36. The summed E-state index contributed by atoms with van der Waals surface area (Å²) in [6.07, 6.45) is 2.62. The molecule has 5 atom stereocenters. The van der Waals surface area contributed by atoms with Crippen LogP contribution in [0.25, 0.3) is 0 Å². The highest BCUT2D eigenvalue weighted by Crippen LogP contribution is 2.15. The number of aliphatic hydroxyl groups excluding tert-OH is 1. The predicted octanol–water partition coefficient (Wildman–Crippen LogP) is 1.28. The van der Waals surface area contributed by atoms with Crippen molar-refractivity contribution in [1.29, 1.82) is 0 Å². The highest BCUT2D eigenvalue weighted by atomic mass is 32.2. The third kappa shape index (κ3) is 9.46. The maximum Gasteiger partial charge on any atom is 0.243 e. The minimum Gasteiger partial charge on any atom is -0.390 e. The van der Waals surface area contributed by atoms with Crippen molar-refractivity contribution in [3.05, 3.63) is 35.9 Å². The van der Waals surface area contributed by atoms with Crippen molar-refractivity contribution < 1.29 is 23.1 Å². The molecule has 0 aromatic heterocycles. The van der Waals surface area contributed by atoms with E-state index in [1.165, 1.54) is 4.31 Å². The van der Waals surface area contributed by atoms with Crippen LogP contribution in [0, 0.1) is 11.8 Å². The summed E-state index contributed by atoms with van der Waals surface area (Å²) >= 11 is 0. The summed E-state index contributed by atoms with van der Waals surface area (Å²) in [5.41, 5.74) is 0.899. The van der Waals surface area contributed by atoms with Crippen LogP contribution in [0.1, 0.15) is 52.5 Å². The number of rotatable bonds is 14. The van der Waals surface area contributed by atoms with Crippen molar-refractivity contribution in [3.63, 3.8) is 0 Å². The first-order chi connectivity index (χ1) is 16.9. The van der Waals surface area contributed by atoms with E-state index in [9.17, 15) is 23.1 Å². The minimum absolute atomic E-state index is 0.0725. The van der Waals surface area contributed by atoms with Gasteiger partial charge in [0.25, 0.3) is 0 Å². The van der Waals surface area contributed by atoms with Gasteiger partial charge in [-0.25, -0.2) is 8.42 Å². The van der Waals surface area contributed by atoms with Gasteiger partial charge in [-0.3, -0.25) is 9.59 Å². The van der Waals surface area contributed by atoms with Crippen LogP contribution in [0.2, 0.25) is 0 Å². The Labute approximate surface area is 216 Å². The molecule has 2 amide bonds. The number of nitrogens with one attached hydrogen (secondary N) is 3. The highest BCUT2D eigenvalue weighted by molar-refractivity contribution is 7.88. The van der Waals surface area contributed by atoms with Crippen LogP contribution in [0.4, 0.5) is 0 Å². The molecule has 1 heterocycles. The monoisotopic (exact) mass is 524 g/mol. The van der Waals surface area contributed by atoms with Gasteiger partial charge >= 0.3 is 0 Å². The molecular formula is C26H44N4O5S. The molecule has 4 N–H and O–H groups in total. The fourth-order valence-electron chi connectivity index (χ4n) is 4.38. The van der Waals surface area contributed by atoms with Gasteiger partial charge in [0.1, 0.15) is 6.04 Å². The Hall–Kier alpha value is -2.01. The van der Waals surface area contributed by atoms with Crippen molar-refractivity contribution in [3.8, 4) is 0 Å². The summed E-state index contributed by atoms with van der Waals surface area (Å²) in [6.45, 7) is 8.58. The lowest BCUT2D eigenvalue weighted by molar-refractivity contribution is -0.132. The van der Waals surface area contributed by atoms with Gasteiger partial charge in [-0.05, 0) is 43.2 Å². The maximum atomic E-state index is 13.5. The molecule has 0 radical (unpaired) electrons. The number of aliphatic hydroxyl groups is 1. The Morgan fingerprint density at radius 1 is 1.14 bits per heavy atom. The smallest absolute Gasteiger partial charge is 0.243 e. The lowest BCUT2D eigenvalue weighted by Gasteiger charge is -2.32. The number of benzene rings is 1. The lowest BCUT2D eigenvalue weighted by atomic mass is 9.95. The Bertz CT molecular complexity index is 935. The number of carbonyl (C=O) groups excluding carboxylic acids is 2. The molecule has 1 aromatic carbocycles. The van der Waals surface area contributed by atoms with Crippen LogP contribution in [0.3, 0.4) is 0 Å². The molecule has 10 heteroatoms. The molecule has 204 valence electrons. The summed E-state index contributed by atoms with van der Waals surface area (Å²) in [4.78, 5) is 26.2. The van der Waals surface area contributed by atoms with Gasteiger partial charge in [-0.15, -0.1) is 0 Å². The molecule has 0 saturated carbocycles. The van der Waals surface area contributed by atoms with E-state index < -0.39 is 28.2 Å². The van der Waals surface area contributed by atoms with Crippen LogP contribution in [0.15, 0.2) is 30.3 Å². The molecule has 0 bridgehead atoms. The number of sulfonamides is 1. The Kier molecular flexibility index (Phi) is 11.8. The van der Waals surface area contributed by atoms with Gasteiger partial charge in [0.15, 0.2) is 0 Å². The van der Waals surface area contributed by atoms with E-state index in [1.54, 1.807) is 0 Å². The van der Waals surface area contributed by atoms with E-state index in [4.69, 9.17) is 0 Å². The molecule has 9 nitrogen and oxygen atoms in total. The van der Waals surface area contributed by atoms with Crippen molar-refractivity contribution in [2.45, 2.75) is 77.6 Å². The van der Waals surface area contributed by atoms with Gasteiger partial charge in [0, 0.05) is 13.1 Å². The Morgan fingerprint density at radius 3 is 2.33 bits per heavy atom. The Balaban J connectivity index is 2.24. The number of hydrogen-bond acceptors (Lipinski definition) is 6. The first-order valence-corrected chi connectivity index (χ1v) is 14.8. The van der Waals surface area contributed by atoms with Crippen LogP contribution in [-0.4, -0.2) is 79.8 Å².